The molecule has 25 heavy (non-hydrogen) atoms. The van der Waals surface area contributed by atoms with E-state index in [9.17, 15) is 9.90 Å². The number of H-pyrrole nitrogens is 1. The highest BCUT2D eigenvalue weighted by atomic mass is 35.5. The minimum atomic E-state index is -0.0632. The molecule has 0 aliphatic heterocycles. The fraction of sp³-hybridized carbons (Fsp3) is 0.250. The van der Waals surface area contributed by atoms with E-state index >= 15 is 0 Å². The number of benzene rings is 2. The zero-order valence-corrected chi connectivity index (χ0v) is 14.9. The smallest absolute Gasteiger partial charge is 0.227 e. The van der Waals surface area contributed by atoms with Crippen molar-refractivity contribution in [1.82, 2.24) is 9.88 Å². The molecule has 130 valence electrons. The summed E-state index contributed by atoms with van der Waals surface area (Å²) in [4.78, 5) is 17.7. The molecule has 5 heteroatoms. The summed E-state index contributed by atoms with van der Waals surface area (Å²) >= 11 is 5.91. The van der Waals surface area contributed by atoms with E-state index in [4.69, 9.17) is 11.6 Å². The fourth-order valence-electron chi connectivity index (χ4n) is 3.01. The molecular weight excluding hydrogens is 336 g/mol. The molecule has 0 bridgehead atoms. The second-order valence-electron chi connectivity index (χ2n) is 6.15. The summed E-state index contributed by atoms with van der Waals surface area (Å²) in [6, 6.07) is 13.5. The van der Waals surface area contributed by atoms with Gasteiger partial charge in [0.2, 0.25) is 5.91 Å². The van der Waals surface area contributed by atoms with Crippen LogP contribution in [0, 0.1) is 6.92 Å². The van der Waals surface area contributed by atoms with Crippen LogP contribution in [0.5, 0.6) is 0 Å². The quantitative estimate of drug-likeness (QED) is 0.707. The van der Waals surface area contributed by atoms with Crippen LogP contribution in [-0.4, -0.2) is 34.0 Å². The number of aliphatic hydroxyl groups is 1. The summed E-state index contributed by atoms with van der Waals surface area (Å²) < 4.78 is 0. The van der Waals surface area contributed by atoms with Crippen LogP contribution in [0.1, 0.15) is 16.7 Å². The van der Waals surface area contributed by atoms with Crippen molar-refractivity contribution < 1.29 is 9.90 Å². The maximum absolute atomic E-state index is 12.8. The highest BCUT2D eigenvalue weighted by Crippen LogP contribution is 2.22. The third-order valence-electron chi connectivity index (χ3n) is 4.36. The third-order valence-corrected chi connectivity index (χ3v) is 4.61. The van der Waals surface area contributed by atoms with Gasteiger partial charge < -0.3 is 15.0 Å². The maximum Gasteiger partial charge on any atom is 0.227 e. The Kier molecular flexibility index (Phi) is 5.41. The molecule has 2 aromatic carbocycles. The molecule has 2 N–H and O–H groups in total. The molecular formula is C20H21ClN2O2. The van der Waals surface area contributed by atoms with Crippen molar-refractivity contribution in [3.05, 3.63) is 70.4 Å². The van der Waals surface area contributed by atoms with Crippen molar-refractivity contribution in [2.24, 2.45) is 0 Å². The minimum Gasteiger partial charge on any atom is -0.395 e. The van der Waals surface area contributed by atoms with E-state index in [1.165, 1.54) is 0 Å². The van der Waals surface area contributed by atoms with E-state index in [1.54, 1.807) is 17.0 Å². The van der Waals surface area contributed by atoms with E-state index < -0.39 is 0 Å². The molecule has 0 saturated heterocycles. The molecule has 0 saturated carbocycles. The molecule has 3 aromatic rings. The maximum atomic E-state index is 12.8. The molecule has 3 rings (SSSR count). The van der Waals surface area contributed by atoms with E-state index in [2.05, 4.69) is 4.98 Å². The molecule has 1 aromatic heterocycles. The molecule has 0 atom stereocenters. The first kappa shape index (κ1) is 17.5. The lowest BCUT2D eigenvalue weighted by molar-refractivity contribution is -0.131. The van der Waals surface area contributed by atoms with Gasteiger partial charge in [0.1, 0.15) is 0 Å². The number of hydrogen-bond acceptors (Lipinski definition) is 2. The van der Waals surface area contributed by atoms with Crippen LogP contribution in [-0.2, 0) is 17.8 Å². The summed E-state index contributed by atoms with van der Waals surface area (Å²) in [5, 5.41) is 11.1. The van der Waals surface area contributed by atoms with Gasteiger partial charge >= 0.3 is 0 Å². The first-order valence-electron chi connectivity index (χ1n) is 8.27. The van der Waals surface area contributed by atoms with Crippen LogP contribution in [0.3, 0.4) is 0 Å². The molecule has 1 amide bonds. The second-order valence-corrected chi connectivity index (χ2v) is 6.59. The lowest BCUT2D eigenvalue weighted by Crippen LogP contribution is -2.34. The number of halogens is 1. The number of nitrogens with zero attached hydrogens (tertiary/aromatic N) is 1. The largest absolute Gasteiger partial charge is 0.395 e. The molecule has 4 nitrogen and oxygen atoms in total. The minimum absolute atomic E-state index is 0.00796. The van der Waals surface area contributed by atoms with Crippen molar-refractivity contribution in [3.8, 4) is 0 Å². The van der Waals surface area contributed by atoms with Gasteiger partial charge in [0, 0.05) is 35.2 Å². The second kappa shape index (κ2) is 7.72. The highest BCUT2D eigenvalue weighted by Gasteiger charge is 2.16. The Hall–Kier alpha value is -2.30. The van der Waals surface area contributed by atoms with Crippen molar-refractivity contribution in [2.45, 2.75) is 19.9 Å². The van der Waals surface area contributed by atoms with Crippen LogP contribution >= 0.6 is 11.6 Å². The lowest BCUT2D eigenvalue weighted by atomic mass is 10.1. The third kappa shape index (κ3) is 4.03. The molecule has 0 fully saturated rings. The van der Waals surface area contributed by atoms with E-state index in [1.807, 2.05) is 43.5 Å². The molecule has 0 radical (unpaired) electrons. The summed E-state index contributed by atoms with van der Waals surface area (Å²) in [7, 11) is 0. The zero-order chi connectivity index (χ0) is 17.8. The standard InChI is InChI=1S/C20H21ClN2O2/c1-14-3-2-4-18-16(12-22-20(14)18)11-19(25)23(9-10-24)13-15-5-7-17(21)8-6-15/h2-8,12,22,24H,9-11,13H2,1H3. The average molecular weight is 357 g/mol. The average Bonchev–Trinajstić information content (AvgIpc) is 3.01. The van der Waals surface area contributed by atoms with Crippen LogP contribution in [0.25, 0.3) is 10.9 Å². The number of aryl methyl sites for hydroxylation is 1. The number of fused-ring (bicyclic) bond motifs is 1. The molecule has 0 aliphatic rings. The Morgan fingerprint density at radius 2 is 1.96 bits per heavy atom. The highest BCUT2D eigenvalue weighted by molar-refractivity contribution is 6.30. The Bertz CT molecular complexity index is 871. The predicted octanol–water partition coefficient (Wildman–Crippen LogP) is 3.69. The topological polar surface area (TPSA) is 56.3 Å². The zero-order valence-electron chi connectivity index (χ0n) is 14.1. The monoisotopic (exact) mass is 356 g/mol. The van der Waals surface area contributed by atoms with Crippen molar-refractivity contribution in [3.63, 3.8) is 0 Å². The number of carbonyl (C=O) groups is 1. The number of carbonyl (C=O) groups excluding carboxylic acids is 1. The van der Waals surface area contributed by atoms with Crippen molar-refractivity contribution >= 4 is 28.4 Å². The van der Waals surface area contributed by atoms with Gasteiger partial charge in [-0.15, -0.1) is 0 Å². The summed E-state index contributed by atoms with van der Waals surface area (Å²) in [5.74, 6) is -0.00796. The summed E-state index contributed by atoms with van der Waals surface area (Å²) in [6.07, 6.45) is 2.20. The lowest BCUT2D eigenvalue weighted by Gasteiger charge is -2.22. The normalized spacial score (nSPS) is 11.0. The van der Waals surface area contributed by atoms with Crippen molar-refractivity contribution in [2.75, 3.05) is 13.2 Å². The number of rotatable bonds is 6. The van der Waals surface area contributed by atoms with Crippen LogP contribution < -0.4 is 0 Å². The Morgan fingerprint density at radius 3 is 2.68 bits per heavy atom. The molecule has 0 unspecified atom stereocenters. The number of aromatic amines is 1. The van der Waals surface area contributed by atoms with E-state index in [0.29, 0.717) is 24.5 Å². The Labute approximate surface area is 152 Å². The van der Waals surface area contributed by atoms with Gasteiger partial charge in [-0.2, -0.15) is 0 Å². The molecule has 0 aliphatic carbocycles. The molecule has 1 heterocycles. The van der Waals surface area contributed by atoms with Crippen LogP contribution in [0.4, 0.5) is 0 Å². The predicted molar refractivity (Wildman–Crippen MR) is 101 cm³/mol. The summed E-state index contributed by atoms with van der Waals surface area (Å²) in [6.45, 7) is 2.75. The Morgan fingerprint density at radius 1 is 1.20 bits per heavy atom. The van der Waals surface area contributed by atoms with Gasteiger partial charge in [-0.05, 0) is 35.7 Å². The first-order valence-corrected chi connectivity index (χ1v) is 8.65. The number of aliphatic hydroxyl groups excluding tert-OH is 1. The number of amides is 1. The fourth-order valence-corrected chi connectivity index (χ4v) is 3.13. The molecule has 0 spiro atoms. The number of para-hydroxylation sites is 1. The van der Waals surface area contributed by atoms with Gasteiger partial charge in [0.15, 0.2) is 0 Å². The number of hydrogen-bond donors (Lipinski definition) is 2. The summed E-state index contributed by atoms with van der Waals surface area (Å²) in [5.41, 5.74) is 4.19. The van der Waals surface area contributed by atoms with Gasteiger partial charge in [-0.3, -0.25) is 4.79 Å². The van der Waals surface area contributed by atoms with Gasteiger partial charge in [-0.1, -0.05) is 41.9 Å². The Balaban J connectivity index is 1.78. The van der Waals surface area contributed by atoms with Crippen LogP contribution in [0.2, 0.25) is 5.02 Å². The SMILES string of the molecule is Cc1cccc2c(CC(=O)N(CCO)Cc3ccc(Cl)cc3)c[nH]c12. The van der Waals surface area contributed by atoms with Gasteiger partial charge in [0.05, 0.1) is 13.0 Å². The van der Waals surface area contributed by atoms with Gasteiger partial charge in [-0.25, -0.2) is 0 Å². The van der Waals surface area contributed by atoms with Gasteiger partial charge in [0.25, 0.3) is 0 Å². The first-order chi connectivity index (χ1) is 12.1. The number of aromatic nitrogens is 1. The van der Waals surface area contributed by atoms with Crippen molar-refractivity contribution in [1.29, 1.82) is 0 Å². The van der Waals surface area contributed by atoms with Crippen LogP contribution in [0.15, 0.2) is 48.7 Å². The number of nitrogens with one attached hydrogen (secondary N) is 1. The van der Waals surface area contributed by atoms with E-state index in [0.717, 1.165) is 27.6 Å². The van der Waals surface area contributed by atoms with E-state index in [-0.39, 0.29) is 12.5 Å².